The number of hydrogen-bond donors (Lipinski definition) is 3. The van der Waals surface area contributed by atoms with Gasteiger partial charge in [0.25, 0.3) is 0 Å². The summed E-state index contributed by atoms with van der Waals surface area (Å²) in [6.07, 6.45) is 0.896. The van der Waals surface area contributed by atoms with Gasteiger partial charge >= 0.3 is 12.1 Å². The highest BCUT2D eigenvalue weighted by atomic mass is 16.6. The van der Waals surface area contributed by atoms with Gasteiger partial charge in [-0.3, -0.25) is 9.59 Å². The van der Waals surface area contributed by atoms with Crippen molar-refractivity contribution in [1.29, 1.82) is 0 Å². The van der Waals surface area contributed by atoms with E-state index in [4.69, 9.17) is 4.74 Å². The first-order valence-corrected chi connectivity index (χ1v) is 11.1. The van der Waals surface area contributed by atoms with E-state index in [1.54, 1.807) is 32.6 Å². The van der Waals surface area contributed by atoms with Crippen LogP contribution in [-0.4, -0.2) is 64.7 Å². The first-order chi connectivity index (χ1) is 14.3. The number of piperidine rings is 1. The molecule has 0 aromatic rings. The summed E-state index contributed by atoms with van der Waals surface area (Å²) in [7, 11) is 0. The Kier molecular flexibility index (Phi) is 9.77. The third-order valence-corrected chi connectivity index (χ3v) is 5.56. The van der Waals surface area contributed by atoms with Crippen molar-refractivity contribution in [3.63, 3.8) is 0 Å². The maximum Gasteiger partial charge on any atom is 0.408 e. The molecule has 0 aromatic carbocycles. The topological polar surface area (TPSA) is 125 Å². The molecule has 3 N–H and O–H groups in total. The molecular formula is C22H39N3O6. The van der Waals surface area contributed by atoms with Crippen LogP contribution in [0.5, 0.6) is 0 Å². The monoisotopic (exact) mass is 441 g/mol. The van der Waals surface area contributed by atoms with Crippen molar-refractivity contribution in [2.45, 2.75) is 85.4 Å². The van der Waals surface area contributed by atoms with E-state index in [1.807, 2.05) is 20.8 Å². The van der Waals surface area contributed by atoms with Crippen LogP contribution in [-0.2, 0) is 19.1 Å². The van der Waals surface area contributed by atoms with Crippen molar-refractivity contribution in [1.82, 2.24) is 15.5 Å². The van der Waals surface area contributed by atoms with Crippen molar-refractivity contribution < 1.29 is 29.0 Å². The van der Waals surface area contributed by atoms with Crippen molar-refractivity contribution in [3.05, 3.63) is 0 Å². The molecule has 178 valence electrons. The Labute approximate surface area is 185 Å². The molecule has 3 amide bonds. The van der Waals surface area contributed by atoms with Gasteiger partial charge in [0, 0.05) is 19.0 Å². The Morgan fingerprint density at radius 3 is 2.00 bits per heavy atom. The second kappa shape index (κ2) is 11.3. The number of rotatable bonds is 8. The molecule has 31 heavy (non-hydrogen) atoms. The molecule has 1 aliphatic heterocycles. The van der Waals surface area contributed by atoms with E-state index < -0.39 is 29.7 Å². The number of likely N-dealkylation sites (tertiary alicyclic amines) is 1. The lowest BCUT2D eigenvalue weighted by molar-refractivity contribution is -0.144. The van der Waals surface area contributed by atoms with Crippen LogP contribution < -0.4 is 10.6 Å². The van der Waals surface area contributed by atoms with E-state index in [-0.39, 0.29) is 29.6 Å². The zero-order valence-corrected chi connectivity index (χ0v) is 19.9. The van der Waals surface area contributed by atoms with Gasteiger partial charge in [-0.2, -0.15) is 0 Å². The highest BCUT2D eigenvalue weighted by Gasteiger charge is 2.35. The second-order valence-electron chi connectivity index (χ2n) is 9.68. The van der Waals surface area contributed by atoms with Gasteiger partial charge in [0.15, 0.2) is 0 Å². The molecule has 0 radical (unpaired) electrons. The van der Waals surface area contributed by atoms with Crippen molar-refractivity contribution >= 4 is 23.9 Å². The fourth-order valence-corrected chi connectivity index (χ4v) is 3.46. The third-order valence-electron chi connectivity index (χ3n) is 5.56. The van der Waals surface area contributed by atoms with Gasteiger partial charge in [-0.25, -0.2) is 9.59 Å². The predicted molar refractivity (Wildman–Crippen MR) is 116 cm³/mol. The Hall–Kier alpha value is -2.32. The number of nitrogens with one attached hydrogen (secondary N) is 2. The van der Waals surface area contributed by atoms with Crippen LogP contribution in [0.4, 0.5) is 4.79 Å². The molecule has 0 spiro atoms. The molecule has 0 aliphatic carbocycles. The van der Waals surface area contributed by atoms with Crippen LogP contribution in [0.15, 0.2) is 0 Å². The number of aliphatic carboxylic acids is 1. The summed E-state index contributed by atoms with van der Waals surface area (Å²) < 4.78 is 5.27. The molecular weight excluding hydrogens is 402 g/mol. The van der Waals surface area contributed by atoms with Crippen LogP contribution >= 0.6 is 0 Å². The minimum Gasteiger partial charge on any atom is -0.480 e. The van der Waals surface area contributed by atoms with Gasteiger partial charge in [0.05, 0.1) is 0 Å². The molecule has 0 saturated carbocycles. The minimum absolute atomic E-state index is 0.132. The van der Waals surface area contributed by atoms with E-state index in [0.717, 1.165) is 0 Å². The molecule has 0 unspecified atom stereocenters. The maximum atomic E-state index is 13.0. The molecule has 0 bridgehead atoms. The zero-order valence-electron chi connectivity index (χ0n) is 19.9. The van der Waals surface area contributed by atoms with E-state index >= 15 is 0 Å². The molecule has 1 heterocycles. The molecule has 9 heteroatoms. The summed E-state index contributed by atoms with van der Waals surface area (Å²) in [5.74, 6) is -2.17. The van der Waals surface area contributed by atoms with E-state index in [2.05, 4.69) is 10.6 Å². The van der Waals surface area contributed by atoms with Crippen molar-refractivity contribution in [3.8, 4) is 0 Å². The number of hydrogen-bond acceptors (Lipinski definition) is 5. The second-order valence-corrected chi connectivity index (χ2v) is 9.68. The normalized spacial score (nSPS) is 18.1. The number of nitrogens with zero attached hydrogens (tertiary/aromatic N) is 1. The highest BCUT2D eigenvalue weighted by Crippen LogP contribution is 2.21. The van der Waals surface area contributed by atoms with Gasteiger partial charge in [-0.05, 0) is 45.4 Å². The average molecular weight is 442 g/mol. The Bertz CT molecular complexity index is 650. The fourth-order valence-electron chi connectivity index (χ4n) is 3.46. The number of alkyl carbamates (subject to hydrolysis) is 1. The standard InChI is InChI=1S/C22H39N3O6/c1-8-14(4)17(20(28)29)23-18(26)15-9-11-25(12-10-15)19(27)16(13(2)3)24-21(30)31-22(5,6)7/h13-17H,8-12H2,1-7H3,(H,23,26)(H,24,30)(H,28,29)/t14-,16-,17-/m0/s1. The highest BCUT2D eigenvalue weighted by molar-refractivity contribution is 5.87. The number of ether oxygens (including phenoxy) is 1. The van der Waals surface area contributed by atoms with E-state index in [9.17, 15) is 24.3 Å². The first kappa shape index (κ1) is 26.7. The van der Waals surface area contributed by atoms with Gasteiger partial charge in [0.2, 0.25) is 11.8 Å². The molecule has 9 nitrogen and oxygen atoms in total. The first-order valence-electron chi connectivity index (χ1n) is 11.1. The number of carboxylic acids is 1. The summed E-state index contributed by atoms with van der Waals surface area (Å²) in [5, 5.41) is 14.7. The summed E-state index contributed by atoms with van der Waals surface area (Å²) in [5.41, 5.74) is -0.663. The quantitative estimate of drug-likeness (QED) is 0.531. The summed E-state index contributed by atoms with van der Waals surface area (Å²) in [6, 6.07) is -1.64. The predicted octanol–water partition coefficient (Wildman–Crippen LogP) is 2.39. The molecule has 1 aliphatic rings. The van der Waals surface area contributed by atoms with Crippen LogP contribution in [0, 0.1) is 17.8 Å². The van der Waals surface area contributed by atoms with Crippen LogP contribution in [0.2, 0.25) is 0 Å². The minimum atomic E-state index is -1.04. The van der Waals surface area contributed by atoms with Gasteiger partial charge < -0.3 is 25.4 Å². The van der Waals surface area contributed by atoms with Crippen molar-refractivity contribution in [2.24, 2.45) is 17.8 Å². The smallest absolute Gasteiger partial charge is 0.408 e. The lowest BCUT2D eigenvalue weighted by atomic mass is 9.92. The van der Waals surface area contributed by atoms with Crippen LogP contribution in [0.1, 0.15) is 67.7 Å². The summed E-state index contributed by atoms with van der Waals surface area (Å²) in [4.78, 5) is 50.8. The molecule has 1 rings (SSSR count). The number of amides is 3. The maximum absolute atomic E-state index is 13.0. The summed E-state index contributed by atoms with van der Waals surface area (Å²) in [6.45, 7) is 13.4. The Balaban J connectivity index is 2.68. The molecule has 1 saturated heterocycles. The molecule has 1 fully saturated rings. The lowest BCUT2D eigenvalue weighted by Gasteiger charge is -2.35. The van der Waals surface area contributed by atoms with Crippen molar-refractivity contribution in [2.75, 3.05) is 13.1 Å². The van der Waals surface area contributed by atoms with Gasteiger partial charge in [-0.1, -0.05) is 34.1 Å². The van der Waals surface area contributed by atoms with Gasteiger partial charge in [0.1, 0.15) is 17.7 Å². The molecule has 0 aromatic heterocycles. The van der Waals surface area contributed by atoms with Gasteiger partial charge in [-0.15, -0.1) is 0 Å². The number of carbonyl (C=O) groups is 4. The fraction of sp³-hybridized carbons (Fsp3) is 0.818. The van der Waals surface area contributed by atoms with E-state index in [1.165, 1.54) is 0 Å². The number of carboxylic acid groups (broad SMARTS) is 1. The summed E-state index contributed by atoms with van der Waals surface area (Å²) >= 11 is 0. The Morgan fingerprint density at radius 2 is 1.58 bits per heavy atom. The largest absolute Gasteiger partial charge is 0.480 e. The van der Waals surface area contributed by atoms with E-state index in [0.29, 0.717) is 32.4 Å². The third kappa shape index (κ3) is 8.38. The Morgan fingerprint density at radius 1 is 1.03 bits per heavy atom. The SMILES string of the molecule is CC[C@H](C)[C@H](NC(=O)C1CCN(C(=O)[C@@H](NC(=O)OC(C)(C)C)C(C)C)CC1)C(=O)O. The van der Waals surface area contributed by atoms with Crippen LogP contribution in [0.25, 0.3) is 0 Å². The van der Waals surface area contributed by atoms with Crippen LogP contribution in [0.3, 0.4) is 0 Å². The zero-order chi connectivity index (χ0) is 23.9. The molecule has 3 atom stereocenters. The average Bonchev–Trinajstić information content (AvgIpc) is 2.67. The lowest BCUT2D eigenvalue weighted by Crippen LogP contribution is -2.55. The number of carbonyl (C=O) groups excluding carboxylic acids is 3.